The van der Waals surface area contributed by atoms with Crippen LogP contribution in [0.1, 0.15) is 12.8 Å². The molecule has 1 amide bonds. The Bertz CT molecular complexity index is 307. The highest BCUT2D eigenvalue weighted by Crippen LogP contribution is 2.40. The molecule has 0 N–H and O–H groups in total. The highest BCUT2D eigenvalue weighted by Gasteiger charge is 2.62. The summed E-state index contributed by atoms with van der Waals surface area (Å²) in [6.07, 6.45) is -10.4. The van der Waals surface area contributed by atoms with Crippen molar-refractivity contribution in [2.45, 2.75) is 25.2 Å². The molecule has 1 saturated heterocycles. The quantitative estimate of drug-likeness (QED) is 0.549. The Morgan fingerprint density at radius 3 is 1.84 bits per heavy atom. The maximum Gasteiger partial charge on any atom is 0.409 e. The normalized spacial score (nSPS) is 19.1. The van der Waals surface area contributed by atoms with Crippen molar-refractivity contribution in [2.75, 3.05) is 18.4 Å². The lowest BCUT2D eigenvalue weighted by atomic mass is 9.97. The number of carbonyl (C=O) groups excluding carboxylic acids is 1. The van der Waals surface area contributed by atoms with Crippen LogP contribution in [-0.4, -0.2) is 41.6 Å². The van der Waals surface area contributed by atoms with Crippen LogP contribution >= 0.6 is 15.9 Å². The predicted octanol–water partition coefficient (Wildman–Crippen LogP) is 3.36. The molecule has 9 heteroatoms. The zero-order chi connectivity index (χ0) is 14.8. The summed E-state index contributed by atoms with van der Waals surface area (Å²) in [7, 11) is 0. The second-order valence-corrected chi connectivity index (χ2v) is 5.09. The second kappa shape index (κ2) is 5.88. The molecular weight excluding hydrogens is 344 g/mol. The zero-order valence-corrected chi connectivity index (χ0v) is 11.3. The molecule has 1 rings (SSSR count). The molecule has 0 bridgehead atoms. The number of nitrogens with zero attached hydrogens (tertiary/aromatic N) is 1. The van der Waals surface area contributed by atoms with Crippen LogP contribution in [0.15, 0.2) is 0 Å². The molecule has 0 aromatic heterocycles. The fourth-order valence-corrected chi connectivity index (χ4v) is 2.60. The lowest BCUT2D eigenvalue weighted by Crippen LogP contribution is -2.51. The molecule has 0 aromatic carbocycles. The maximum absolute atomic E-state index is 12.4. The van der Waals surface area contributed by atoms with Crippen molar-refractivity contribution in [1.82, 2.24) is 4.90 Å². The van der Waals surface area contributed by atoms with Gasteiger partial charge in [-0.1, -0.05) is 15.9 Å². The number of piperidine rings is 1. The Kier molecular flexibility index (Phi) is 5.14. The van der Waals surface area contributed by atoms with E-state index in [0.717, 1.165) is 0 Å². The van der Waals surface area contributed by atoms with Crippen LogP contribution in [0.4, 0.5) is 26.3 Å². The topological polar surface area (TPSA) is 20.3 Å². The average molecular weight is 356 g/mol. The van der Waals surface area contributed by atoms with E-state index >= 15 is 0 Å². The molecule has 1 fully saturated rings. The van der Waals surface area contributed by atoms with Gasteiger partial charge in [0.1, 0.15) is 0 Å². The van der Waals surface area contributed by atoms with Crippen LogP contribution in [0, 0.1) is 11.8 Å². The Morgan fingerprint density at radius 1 is 1.11 bits per heavy atom. The SMILES string of the molecule is O=C(C(C(F)(F)F)C(F)(F)F)N1CCC(CBr)CC1. The molecule has 0 spiro atoms. The van der Waals surface area contributed by atoms with Gasteiger partial charge in [-0.15, -0.1) is 0 Å². The Labute approximate surface area is 114 Å². The van der Waals surface area contributed by atoms with Crippen LogP contribution in [0.2, 0.25) is 0 Å². The molecule has 0 aromatic rings. The van der Waals surface area contributed by atoms with E-state index in [-0.39, 0.29) is 19.0 Å². The van der Waals surface area contributed by atoms with Gasteiger partial charge >= 0.3 is 12.4 Å². The van der Waals surface area contributed by atoms with Gasteiger partial charge in [0.05, 0.1) is 0 Å². The number of rotatable bonds is 2. The van der Waals surface area contributed by atoms with E-state index in [2.05, 4.69) is 15.9 Å². The van der Waals surface area contributed by atoms with Crippen molar-refractivity contribution in [3.63, 3.8) is 0 Å². The number of alkyl halides is 7. The average Bonchev–Trinajstić information content (AvgIpc) is 2.25. The number of likely N-dealkylation sites (tertiary alicyclic amines) is 1. The third-order valence-electron chi connectivity index (χ3n) is 3.05. The molecule has 0 aliphatic carbocycles. The van der Waals surface area contributed by atoms with Gasteiger partial charge in [-0.2, -0.15) is 26.3 Å². The number of carbonyl (C=O) groups is 1. The van der Waals surface area contributed by atoms with Gasteiger partial charge in [0.2, 0.25) is 11.8 Å². The fraction of sp³-hybridized carbons (Fsp3) is 0.900. The van der Waals surface area contributed by atoms with Crippen molar-refractivity contribution in [1.29, 1.82) is 0 Å². The molecule has 19 heavy (non-hydrogen) atoms. The molecule has 1 aliphatic heterocycles. The highest BCUT2D eigenvalue weighted by molar-refractivity contribution is 9.09. The molecule has 0 unspecified atom stereocenters. The smallest absolute Gasteiger partial charge is 0.342 e. The third-order valence-corrected chi connectivity index (χ3v) is 3.96. The summed E-state index contributed by atoms with van der Waals surface area (Å²) in [6, 6.07) is 0. The highest BCUT2D eigenvalue weighted by atomic mass is 79.9. The van der Waals surface area contributed by atoms with Crippen LogP contribution in [-0.2, 0) is 4.79 Å². The molecule has 0 atom stereocenters. The lowest BCUT2D eigenvalue weighted by Gasteiger charge is -2.34. The van der Waals surface area contributed by atoms with Crippen molar-refractivity contribution in [3.8, 4) is 0 Å². The van der Waals surface area contributed by atoms with E-state index in [1.54, 1.807) is 0 Å². The molecule has 1 heterocycles. The minimum absolute atomic E-state index is 0.0717. The largest absolute Gasteiger partial charge is 0.409 e. The first kappa shape index (κ1) is 16.6. The van der Waals surface area contributed by atoms with Crippen LogP contribution < -0.4 is 0 Å². The molecule has 0 radical (unpaired) electrons. The first-order valence-corrected chi connectivity index (χ1v) is 6.67. The second-order valence-electron chi connectivity index (χ2n) is 4.44. The van der Waals surface area contributed by atoms with E-state index in [4.69, 9.17) is 0 Å². The summed E-state index contributed by atoms with van der Waals surface area (Å²) in [4.78, 5) is 12.1. The van der Waals surface area contributed by atoms with Gasteiger partial charge in [0, 0.05) is 18.4 Å². The third kappa shape index (κ3) is 4.25. The minimum atomic E-state index is -5.61. The summed E-state index contributed by atoms with van der Waals surface area (Å²) >= 11 is 3.20. The van der Waals surface area contributed by atoms with E-state index in [0.29, 0.717) is 23.1 Å². The maximum atomic E-state index is 12.4. The van der Waals surface area contributed by atoms with Crippen molar-refractivity contribution in [3.05, 3.63) is 0 Å². The van der Waals surface area contributed by atoms with E-state index in [1.807, 2.05) is 0 Å². The summed E-state index contributed by atoms with van der Waals surface area (Å²) < 4.78 is 74.3. The van der Waals surface area contributed by atoms with Crippen LogP contribution in [0.25, 0.3) is 0 Å². The van der Waals surface area contributed by atoms with Crippen LogP contribution in [0.3, 0.4) is 0 Å². The molecule has 112 valence electrons. The van der Waals surface area contributed by atoms with Gasteiger partial charge in [-0.05, 0) is 18.8 Å². The van der Waals surface area contributed by atoms with E-state index in [9.17, 15) is 31.1 Å². The Morgan fingerprint density at radius 2 is 1.53 bits per heavy atom. The first-order valence-electron chi connectivity index (χ1n) is 5.55. The standard InChI is InChI=1S/C10H12BrF6NO/c11-5-6-1-3-18(4-2-6)8(19)7(9(12,13)14)10(15,16)17/h6-7H,1-5H2. The summed E-state index contributed by atoms with van der Waals surface area (Å²) in [5.74, 6) is -5.63. The van der Waals surface area contributed by atoms with Gasteiger partial charge in [-0.25, -0.2) is 0 Å². The van der Waals surface area contributed by atoms with Gasteiger partial charge in [0.25, 0.3) is 0 Å². The molecule has 0 saturated carbocycles. The number of halogens is 7. The van der Waals surface area contributed by atoms with Gasteiger partial charge < -0.3 is 4.90 Å². The van der Waals surface area contributed by atoms with E-state index in [1.165, 1.54) is 0 Å². The van der Waals surface area contributed by atoms with Gasteiger partial charge in [-0.3, -0.25) is 4.79 Å². The van der Waals surface area contributed by atoms with Crippen LogP contribution in [0.5, 0.6) is 0 Å². The number of hydrogen-bond donors (Lipinski definition) is 0. The van der Waals surface area contributed by atoms with Crippen molar-refractivity contribution in [2.24, 2.45) is 11.8 Å². The molecule has 2 nitrogen and oxygen atoms in total. The monoisotopic (exact) mass is 355 g/mol. The Hall–Kier alpha value is -0.470. The number of hydrogen-bond acceptors (Lipinski definition) is 1. The van der Waals surface area contributed by atoms with E-state index < -0.39 is 24.2 Å². The summed E-state index contributed by atoms with van der Waals surface area (Å²) in [5, 5.41) is 0.622. The molecular formula is C10H12BrF6NO. The fourth-order valence-electron chi connectivity index (χ4n) is 1.96. The first-order chi connectivity index (χ1) is 8.57. The Balaban J connectivity index is 2.79. The number of amides is 1. The summed E-state index contributed by atoms with van der Waals surface area (Å²) in [6.45, 7) is -0.143. The minimum Gasteiger partial charge on any atom is -0.342 e. The lowest BCUT2D eigenvalue weighted by molar-refractivity contribution is -0.277. The van der Waals surface area contributed by atoms with Crippen molar-refractivity contribution < 1.29 is 31.1 Å². The van der Waals surface area contributed by atoms with Gasteiger partial charge in [0.15, 0.2) is 0 Å². The predicted molar refractivity (Wildman–Crippen MR) is 58.7 cm³/mol. The molecule has 1 aliphatic rings. The van der Waals surface area contributed by atoms with Crippen molar-refractivity contribution >= 4 is 21.8 Å². The summed E-state index contributed by atoms with van der Waals surface area (Å²) in [5.41, 5.74) is 0. The zero-order valence-electron chi connectivity index (χ0n) is 9.69.